The Morgan fingerprint density at radius 3 is 2.86 bits per heavy atom. The fraction of sp³-hybridized carbons (Fsp3) is 0.444. The lowest BCUT2D eigenvalue weighted by atomic mass is 10.2. The number of halogens is 2. The molecule has 1 aromatic heterocycles. The van der Waals surface area contributed by atoms with E-state index in [1.807, 2.05) is 6.07 Å². The molecule has 1 aromatic rings. The molecular formula is C9H11BrClN3. The second-order valence-electron chi connectivity index (χ2n) is 3.59. The third-order valence-corrected chi connectivity index (χ3v) is 3.16. The van der Waals surface area contributed by atoms with Gasteiger partial charge in [0.05, 0.1) is 10.6 Å². The first-order valence-electron chi connectivity index (χ1n) is 4.44. The Morgan fingerprint density at radius 2 is 2.36 bits per heavy atom. The highest BCUT2D eigenvalue weighted by Crippen LogP contribution is 2.39. The Hall–Kier alpha value is -0.320. The van der Waals surface area contributed by atoms with Crippen molar-refractivity contribution in [1.82, 2.24) is 4.98 Å². The monoisotopic (exact) mass is 275 g/mol. The zero-order chi connectivity index (χ0) is 10.2. The predicted octanol–water partition coefficient (Wildman–Crippen LogP) is 2.40. The molecule has 0 unspecified atom stereocenters. The van der Waals surface area contributed by atoms with Crippen molar-refractivity contribution in [3.05, 3.63) is 21.8 Å². The number of hydrogen-bond acceptors (Lipinski definition) is 3. The van der Waals surface area contributed by atoms with Gasteiger partial charge >= 0.3 is 0 Å². The van der Waals surface area contributed by atoms with E-state index in [1.54, 1.807) is 6.20 Å². The number of hydrogen-bond donors (Lipinski definition) is 2. The van der Waals surface area contributed by atoms with Crippen molar-refractivity contribution in [2.45, 2.75) is 18.4 Å². The summed E-state index contributed by atoms with van der Waals surface area (Å²) < 4.78 is 0.880. The number of rotatable bonds is 3. The molecule has 3 nitrogen and oxygen atoms in total. The summed E-state index contributed by atoms with van der Waals surface area (Å²) in [7, 11) is 0. The van der Waals surface area contributed by atoms with Gasteiger partial charge in [-0.2, -0.15) is 0 Å². The molecule has 14 heavy (non-hydrogen) atoms. The fourth-order valence-corrected chi connectivity index (χ4v) is 1.97. The maximum atomic E-state index is 6.02. The maximum absolute atomic E-state index is 6.02. The van der Waals surface area contributed by atoms with Crippen LogP contribution in [0.1, 0.15) is 12.8 Å². The van der Waals surface area contributed by atoms with Gasteiger partial charge in [-0.1, -0.05) is 11.6 Å². The van der Waals surface area contributed by atoms with Crippen LogP contribution in [0.3, 0.4) is 0 Å². The van der Waals surface area contributed by atoms with Crippen molar-refractivity contribution in [2.24, 2.45) is 5.73 Å². The van der Waals surface area contributed by atoms with Gasteiger partial charge in [0.15, 0.2) is 0 Å². The van der Waals surface area contributed by atoms with E-state index in [-0.39, 0.29) is 5.54 Å². The molecule has 0 atom stereocenters. The molecule has 5 heteroatoms. The summed E-state index contributed by atoms with van der Waals surface area (Å²) in [6.07, 6.45) is 3.91. The van der Waals surface area contributed by atoms with Crippen LogP contribution in [0.5, 0.6) is 0 Å². The Bertz CT molecular complexity index is 352. The highest BCUT2D eigenvalue weighted by molar-refractivity contribution is 9.10. The highest BCUT2D eigenvalue weighted by atomic mass is 79.9. The molecule has 0 spiro atoms. The number of nitrogens with one attached hydrogen (secondary N) is 1. The van der Waals surface area contributed by atoms with E-state index >= 15 is 0 Å². The summed E-state index contributed by atoms with van der Waals surface area (Å²) in [4.78, 5) is 4.21. The predicted molar refractivity (Wildman–Crippen MR) is 61.6 cm³/mol. The first-order chi connectivity index (χ1) is 6.65. The molecule has 0 amide bonds. The minimum atomic E-state index is 0.0461. The van der Waals surface area contributed by atoms with Crippen molar-refractivity contribution in [1.29, 1.82) is 0 Å². The van der Waals surface area contributed by atoms with Crippen molar-refractivity contribution >= 4 is 33.3 Å². The van der Waals surface area contributed by atoms with E-state index in [0.717, 1.165) is 23.1 Å². The number of anilines is 1. The molecule has 0 bridgehead atoms. The van der Waals surface area contributed by atoms with Gasteiger partial charge in [-0.15, -0.1) is 0 Å². The minimum absolute atomic E-state index is 0.0461. The van der Waals surface area contributed by atoms with Crippen molar-refractivity contribution < 1.29 is 0 Å². The Kier molecular flexibility index (Phi) is 2.68. The van der Waals surface area contributed by atoms with E-state index in [1.165, 1.54) is 0 Å². The molecule has 0 aliphatic heterocycles. The third-order valence-electron chi connectivity index (χ3n) is 2.44. The maximum Gasteiger partial charge on any atom is 0.145 e. The number of nitrogens with zero attached hydrogens (tertiary/aromatic N) is 1. The van der Waals surface area contributed by atoms with Gasteiger partial charge in [0.25, 0.3) is 0 Å². The smallest absolute Gasteiger partial charge is 0.145 e. The lowest BCUT2D eigenvalue weighted by Crippen LogP contribution is -2.31. The van der Waals surface area contributed by atoms with E-state index in [2.05, 4.69) is 26.2 Å². The van der Waals surface area contributed by atoms with Crippen LogP contribution in [0.25, 0.3) is 0 Å². The first-order valence-corrected chi connectivity index (χ1v) is 5.62. The molecular weight excluding hydrogens is 265 g/mol. The van der Waals surface area contributed by atoms with Gasteiger partial charge in [0.2, 0.25) is 0 Å². The zero-order valence-electron chi connectivity index (χ0n) is 7.56. The Morgan fingerprint density at radius 1 is 1.64 bits per heavy atom. The minimum Gasteiger partial charge on any atom is -0.362 e. The van der Waals surface area contributed by atoms with Crippen molar-refractivity contribution in [3.63, 3.8) is 0 Å². The summed E-state index contributed by atoms with van der Waals surface area (Å²) in [5, 5.41) is 3.91. The normalized spacial score (nSPS) is 17.9. The van der Waals surface area contributed by atoms with Crippen molar-refractivity contribution in [2.75, 3.05) is 11.9 Å². The summed E-state index contributed by atoms with van der Waals surface area (Å²) in [5.41, 5.74) is 5.70. The van der Waals surface area contributed by atoms with Crippen LogP contribution in [0.15, 0.2) is 16.7 Å². The van der Waals surface area contributed by atoms with Crippen LogP contribution in [0.4, 0.5) is 5.82 Å². The van der Waals surface area contributed by atoms with Gasteiger partial charge < -0.3 is 11.1 Å². The van der Waals surface area contributed by atoms with Crippen LogP contribution in [-0.4, -0.2) is 17.1 Å². The molecule has 0 saturated heterocycles. The van der Waals surface area contributed by atoms with Gasteiger partial charge in [0.1, 0.15) is 5.82 Å². The molecule has 0 aromatic carbocycles. The average Bonchev–Trinajstić information content (AvgIpc) is 2.91. The largest absolute Gasteiger partial charge is 0.362 e. The van der Waals surface area contributed by atoms with Gasteiger partial charge in [-0.25, -0.2) is 4.98 Å². The molecule has 1 aliphatic rings. The van der Waals surface area contributed by atoms with Gasteiger partial charge in [-0.05, 0) is 34.8 Å². The van der Waals surface area contributed by atoms with E-state index in [4.69, 9.17) is 17.3 Å². The zero-order valence-corrected chi connectivity index (χ0v) is 9.90. The van der Waals surface area contributed by atoms with Crippen LogP contribution in [0, 0.1) is 0 Å². The summed E-state index contributed by atoms with van der Waals surface area (Å²) >= 11 is 9.33. The second kappa shape index (κ2) is 3.68. The van der Waals surface area contributed by atoms with Crippen LogP contribution in [-0.2, 0) is 0 Å². The van der Waals surface area contributed by atoms with Gasteiger partial charge in [-0.3, -0.25) is 0 Å². The molecule has 2 rings (SSSR count). The van der Waals surface area contributed by atoms with Crippen molar-refractivity contribution in [3.8, 4) is 0 Å². The van der Waals surface area contributed by atoms with Gasteiger partial charge in [0, 0.05) is 17.2 Å². The topological polar surface area (TPSA) is 50.9 Å². The lowest BCUT2D eigenvalue weighted by Gasteiger charge is -2.16. The molecule has 3 N–H and O–H groups in total. The van der Waals surface area contributed by atoms with E-state index in [9.17, 15) is 0 Å². The quantitative estimate of drug-likeness (QED) is 0.891. The molecule has 1 fully saturated rings. The number of nitrogens with two attached hydrogens (primary N) is 1. The molecule has 1 saturated carbocycles. The number of aromatic nitrogens is 1. The van der Waals surface area contributed by atoms with E-state index in [0.29, 0.717) is 11.6 Å². The first kappa shape index (κ1) is 10.2. The standard InChI is InChI=1S/C9H11BrClN3/c10-6-3-7(11)8(13-4-6)14-9(5-12)1-2-9/h3-4H,1-2,5,12H2,(H,13,14). The Balaban J connectivity index is 2.17. The average molecular weight is 277 g/mol. The lowest BCUT2D eigenvalue weighted by molar-refractivity contribution is 0.737. The second-order valence-corrected chi connectivity index (χ2v) is 4.92. The fourth-order valence-electron chi connectivity index (χ4n) is 1.29. The van der Waals surface area contributed by atoms with Crippen LogP contribution < -0.4 is 11.1 Å². The molecule has 0 radical (unpaired) electrons. The highest BCUT2D eigenvalue weighted by Gasteiger charge is 2.41. The Labute approximate surface area is 96.2 Å². The summed E-state index contributed by atoms with van der Waals surface area (Å²) in [6, 6.07) is 1.82. The van der Waals surface area contributed by atoms with Crippen LogP contribution in [0.2, 0.25) is 5.02 Å². The third kappa shape index (κ3) is 2.02. The molecule has 76 valence electrons. The summed E-state index contributed by atoms with van der Waals surface area (Å²) in [6.45, 7) is 0.626. The summed E-state index contributed by atoms with van der Waals surface area (Å²) in [5.74, 6) is 0.720. The van der Waals surface area contributed by atoms with E-state index < -0.39 is 0 Å². The van der Waals surface area contributed by atoms with Crippen LogP contribution >= 0.6 is 27.5 Å². The molecule has 1 aliphatic carbocycles. The number of pyridine rings is 1. The SMILES string of the molecule is NCC1(Nc2ncc(Br)cc2Cl)CC1. The molecule has 1 heterocycles.